The van der Waals surface area contributed by atoms with Crippen molar-refractivity contribution in [2.24, 2.45) is 0 Å². The number of pyridine rings is 1. The Hall–Kier alpha value is -1.18. The fraction of sp³-hybridized carbons (Fsp3) is 0.300. The number of carbonyl (C=O) groups excluding carboxylic acids is 2. The molecule has 0 radical (unpaired) electrons. The quantitative estimate of drug-likeness (QED) is 0.625. The lowest BCUT2D eigenvalue weighted by Crippen LogP contribution is -2.37. The zero-order valence-electron chi connectivity index (χ0n) is 9.31. The molecule has 1 rings (SSSR count). The van der Waals surface area contributed by atoms with E-state index < -0.39 is 18.0 Å². The van der Waals surface area contributed by atoms with Crippen molar-refractivity contribution < 1.29 is 19.4 Å². The highest BCUT2D eigenvalue weighted by Gasteiger charge is 2.18. The summed E-state index contributed by atoms with van der Waals surface area (Å²) in [5, 5.41) is 11.7. The van der Waals surface area contributed by atoms with Gasteiger partial charge < -0.3 is 15.2 Å². The Morgan fingerprint density at radius 3 is 2.94 bits per heavy atom. The van der Waals surface area contributed by atoms with Crippen LogP contribution in [0.4, 0.5) is 0 Å². The Labute approximate surface area is 116 Å². The molecule has 1 unspecified atom stereocenters. The number of halogens is 2. The lowest BCUT2D eigenvalue weighted by molar-refractivity contribution is -0.149. The lowest BCUT2D eigenvalue weighted by atomic mass is 10.2. The summed E-state index contributed by atoms with van der Waals surface area (Å²) in [6.07, 6.45) is 0.0282. The van der Waals surface area contributed by atoms with Crippen molar-refractivity contribution >= 4 is 39.4 Å². The van der Waals surface area contributed by atoms with Crippen molar-refractivity contribution in [2.45, 2.75) is 6.10 Å². The van der Waals surface area contributed by atoms with E-state index in [-0.39, 0.29) is 17.3 Å². The predicted molar refractivity (Wildman–Crippen MR) is 67.3 cm³/mol. The Morgan fingerprint density at radius 2 is 2.33 bits per heavy atom. The maximum atomic E-state index is 11.7. The van der Waals surface area contributed by atoms with E-state index in [1.807, 2.05) is 0 Å². The second-order valence-corrected chi connectivity index (χ2v) is 4.51. The minimum atomic E-state index is -1.42. The van der Waals surface area contributed by atoms with Crippen molar-refractivity contribution in [3.8, 4) is 0 Å². The molecule has 2 N–H and O–H groups in total. The summed E-state index contributed by atoms with van der Waals surface area (Å²) in [5.41, 5.74) is 0.142. The van der Waals surface area contributed by atoms with Crippen molar-refractivity contribution in [3.05, 3.63) is 27.5 Å². The van der Waals surface area contributed by atoms with E-state index in [0.717, 1.165) is 7.11 Å². The average Bonchev–Trinajstić information content (AvgIpc) is 2.37. The van der Waals surface area contributed by atoms with Crippen LogP contribution in [0.1, 0.15) is 10.4 Å². The third-order valence-corrected chi connectivity index (χ3v) is 2.71. The number of nitrogens with zero attached hydrogens (tertiary/aromatic N) is 1. The highest BCUT2D eigenvalue weighted by Crippen LogP contribution is 2.17. The Bertz CT molecular complexity index is 469. The molecule has 6 nitrogen and oxygen atoms in total. The maximum absolute atomic E-state index is 11.7. The third-order valence-electron chi connectivity index (χ3n) is 1.98. The number of carbonyl (C=O) groups is 2. The van der Waals surface area contributed by atoms with Crippen LogP contribution in [0.25, 0.3) is 0 Å². The minimum absolute atomic E-state index is 0.0308. The van der Waals surface area contributed by atoms with Crippen LogP contribution in [-0.2, 0) is 9.53 Å². The molecule has 1 amide bonds. The van der Waals surface area contributed by atoms with Crippen LogP contribution < -0.4 is 5.32 Å². The molecule has 0 bridgehead atoms. The summed E-state index contributed by atoms with van der Waals surface area (Å²) in [4.78, 5) is 26.4. The Balaban J connectivity index is 2.66. The van der Waals surface area contributed by atoms with Crippen LogP contribution >= 0.6 is 27.5 Å². The molecule has 0 saturated heterocycles. The molecule has 0 saturated carbocycles. The highest BCUT2D eigenvalue weighted by atomic mass is 79.9. The van der Waals surface area contributed by atoms with Crippen LogP contribution in [0.5, 0.6) is 0 Å². The zero-order chi connectivity index (χ0) is 13.7. The van der Waals surface area contributed by atoms with Gasteiger partial charge in [-0.2, -0.15) is 0 Å². The van der Waals surface area contributed by atoms with Gasteiger partial charge in [0.05, 0.1) is 19.2 Å². The van der Waals surface area contributed by atoms with Crippen molar-refractivity contribution in [2.75, 3.05) is 13.7 Å². The van der Waals surface area contributed by atoms with Gasteiger partial charge in [0.15, 0.2) is 6.10 Å². The van der Waals surface area contributed by atoms with Gasteiger partial charge in [0.2, 0.25) is 0 Å². The summed E-state index contributed by atoms with van der Waals surface area (Å²) >= 11 is 8.90. The van der Waals surface area contributed by atoms with E-state index in [4.69, 9.17) is 11.6 Å². The molecule has 1 aromatic heterocycles. The van der Waals surface area contributed by atoms with E-state index in [2.05, 4.69) is 31.0 Å². The van der Waals surface area contributed by atoms with Gasteiger partial charge in [0.1, 0.15) is 5.15 Å². The molecule has 1 heterocycles. The van der Waals surface area contributed by atoms with E-state index in [0.29, 0.717) is 4.47 Å². The van der Waals surface area contributed by atoms with Gasteiger partial charge >= 0.3 is 5.97 Å². The summed E-state index contributed by atoms with van der Waals surface area (Å²) in [5.74, 6) is -1.37. The monoisotopic (exact) mass is 336 g/mol. The van der Waals surface area contributed by atoms with Crippen LogP contribution in [0.3, 0.4) is 0 Å². The molecule has 98 valence electrons. The number of aliphatic hydroxyl groups is 1. The third kappa shape index (κ3) is 3.94. The molecular weight excluding hydrogens is 327 g/mol. The summed E-state index contributed by atoms with van der Waals surface area (Å²) < 4.78 is 4.90. The van der Waals surface area contributed by atoms with Gasteiger partial charge in [-0.25, -0.2) is 9.78 Å². The summed E-state index contributed by atoms with van der Waals surface area (Å²) in [6.45, 7) is -0.269. The predicted octanol–water partition coefficient (Wildman–Crippen LogP) is 0.761. The minimum Gasteiger partial charge on any atom is -0.467 e. The zero-order valence-corrected chi connectivity index (χ0v) is 11.7. The maximum Gasteiger partial charge on any atom is 0.336 e. The summed E-state index contributed by atoms with van der Waals surface area (Å²) in [7, 11) is 1.14. The molecular formula is C10H10BrClN2O4. The smallest absolute Gasteiger partial charge is 0.336 e. The van der Waals surface area contributed by atoms with E-state index in [1.54, 1.807) is 0 Å². The normalized spacial score (nSPS) is 11.8. The van der Waals surface area contributed by atoms with E-state index in [1.165, 1.54) is 12.3 Å². The first kappa shape index (κ1) is 14.9. The number of ether oxygens (including phenoxy) is 1. The number of amides is 1. The number of esters is 1. The molecule has 0 aliphatic carbocycles. The average molecular weight is 338 g/mol. The number of methoxy groups -OCH3 is 1. The topological polar surface area (TPSA) is 88.5 Å². The van der Waals surface area contributed by atoms with Gasteiger partial charge in [-0.05, 0) is 22.0 Å². The van der Waals surface area contributed by atoms with Crippen LogP contribution in [0, 0.1) is 0 Å². The fourth-order valence-electron chi connectivity index (χ4n) is 1.09. The first-order valence-corrected chi connectivity index (χ1v) is 5.98. The number of aliphatic hydroxyl groups excluding tert-OH is 1. The number of nitrogens with one attached hydrogen (secondary N) is 1. The standard InChI is InChI=1S/C10H10BrClN2O4/c1-18-10(17)7(15)4-14-9(16)6-2-5(11)3-13-8(6)12/h2-3,7,15H,4H2,1H3,(H,14,16). The molecule has 0 aliphatic rings. The molecule has 1 atom stereocenters. The van der Waals surface area contributed by atoms with Gasteiger partial charge in [0, 0.05) is 10.7 Å². The van der Waals surface area contributed by atoms with Crippen molar-refractivity contribution in [1.82, 2.24) is 10.3 Å². The molecule has 18 heavy (non-hydrogen) atoms. The molecule has 8 heteroatoms. The second-order valence-electron chi connectivity index (χ2n) is 3.24. The first-order chi connectivity index (χ1) is 8.45. The number of hydrogen-bond acceptors (Lipinski definition) is 5. The number of hydrogen-bond donors (Lipinski definition) is 2. The van der Waals surface area contributed by atoms with Crippen LogP contribution in [0.15, 0.2) is 16.7 Å². The number of rotatable bonds is 4. The number of aromatic nitrogens is 1. The molecule has 0 aliphatic heterocycles. The largest absolute Gasteiger partial charge is 0.467 e. The molecule has 0 aromatic carbocycles. The van der Waals surface area contributed by atoms with Crippen LogP contribution in [0.2, 0.25) is 5.15 Å². The van der Waals surface area contributed by atoms with Crippen molar-refractivity contribution in [1.29, 1.82) is 0 Å². The Morgan fingerprint density at radius 1 is 1.67 bits per heavy atom. The first-order valence-electron chi connectivity index (χ1n) is 4.81. The fourth-order valence-corrected chi connectivity index (χ4v) is 1.61. The van der Waals surface area contributed by atoms with Crippen LogP contribution in [-0.4, -0.2) is 41.7 Å². The Kier molecular flexibility index (Phi) is 5.52. The van der Waals surface area contributed by atoms with Gasteiger partial charge in [-0.1, -0.05) is 11.6 Å². The lowest BCUT2D eigenvalue weighted by Gasteiger charge is -2.10. The SMILES string of the molecule is COC(=O)C(O)CNC(=O)c1cc(Br)cnc1Cl. The van der Waals surface area contributed by atoms with E-state index in [9.17, 15) is 14.7 Å². The van der Waals surface area contributed by atoms with Gasteiger partial charge in [-0.15, -0.1) is 0 Å². The van der Waals surface area contributed by atoms with E-state index >= 15 is 0 Å². The summed E-state index contributed by atoms with van der Waals surface area (Å²) in [6, 6.07) is 1.48. The highest BCUT2D eigenvalue weighted by molar-refractivity contribution is 9.10. The second kappa shape index (κ2) is 6.67. The van der Waals surface area contributed by atoms with Gasteiger partial charge in [-0.3, -0.25) is 4.79 Å². The molecule has 0 fully saturated rings. The van der Waals surface area contributed by atoms with Gasteiger partial charge in [0.25, 0.3) is 5.91 Å². The molecule has 1 aromatic rings. The van der Waals surface area contributed by atoms with Crippen molar-refractivity contribution in [3.63, 3.8) is 0 Å². The molecule has 0 spiro atoms.